The summed E-state index contributed by atoms with van der Waals surface area (Å²) >= 11 is 0. The molecule has 0 bridgehead atoms. The van der Waals surface area contributed by atoms with Gasteiger partial charge in [-0.3, -0.25) is 9.59 Å². The van der Waals surface area contributed by atoms with E-state index in [0.29, 0.717) is 12.8 Å². The first-order valence-electron chi connectivity index (χ1n) is 16.7. The van der Waals surface area contributed by atoms with Crippen molar-refractivity contribution in [3.05, 3.63) is 12.2 Å². The van der Waals surface area contributed by atoms with E-state index in [1.807, 2.05) is 0 Å². The first kappa shape index (κ1) is 37.6. The van der Waals surface area contributed by atoms with Gasteiger partial charge >= 0.3 is 11.9 Å². The predicted octanol–water partition coefficient (Wildman–Crippen LogP) is 9.78. The van der Waals surface area contributed by atoms with Crippen LogP contribution in [0.1, 0.15) is 174 Å². The molecule has 1 atom stereocenters. The van der Waals surface area contributed by atoms with Crippen LogP contribution in [-0.2, 0) is 19.1 Å². The normalized spacial score (nSPS) is 12.2. The van der Waals surface area contributed by atoms with Gasteiger partial charge in [-0.05, 0) is 32.1 Å². The maximum Gasteiger partial charge on any atom is 0.306 e. The molecule has 1 N–H and O–H groups in total. The van der Waals surface area contributed by atoms with E-state index < -0.39 is 6.10 Å². The molecule has 0 aromatic carbocycles. The van der Waals surface area contributed by atoms with Crippen LogP contribution in [0.4, 0.5) is 0 Å². The van der Waals surface area contributed by atoms with Crippen LogP contribution in [0.25, 0.3) is 0 Å². The van der Waals surface area contributed by atoms with Crippen LogP contribution in [-0.4, -0.2) is 36.4 Å². The Labute approximate surface area is 241 Å². The second-order valence-corrected chi connectivity index (χ2v) is 11.2. The van der Waals surface area contributed by atoms with Crippen molar-refractivity contribution >= 4 is 11.9 Å². The monoisotopic (exact) mass is 552 g/mol. The zero-order valence-corrected chi connectivity index (χ0v) is 25.9. The maximum absolute atomic E-state index is 12.1. The fourth-order valence-electron chi connectivity index (χ4n) is 4.71. The van der Waals surface area contributed by atoms with E-state index in [2.05, 4.69) is 26.0 Å². The number of carbonyl (C=O) groups excluding carboxylic acids is 2. The first-order valence-corrected chi connectivity index (χ1v) is 16.7. The van der Waals surface area contributed by atoms with Crippen molar-refractivity contribution in [2.24, 2.45) is 0 Å². The Kier molecular flexibility index (Phi) is 30.1. The molecule has 0 rings (SSSR count). The summed E-state index contributed by atoms with van der Waals surface area (Å²) in [5, 5.41) is 9.49. The average Bonchev–Trinajstić information content (AvgIpc) is 2.94. The van der Waals surface area contributed by atoms with E-state index in [-0.39, 0.29) is 25.2 Å². The molecule has 0 unspecified atom stereocenters. The van der Waals surface area contributed by atoms with E-state index in [0.717, 1.165) is 44.9 Å². The van der Waals surface area contributed by atoms with E-state index >= 15 is 0 Å². The van der Waals surface area contributed by atoms with Crippen LogP contribution in [0, 0.1) is 0 Å². The largest absolute Gasteiger partial charge is 0.462 e. The second kappa shape index (κ2) is 31.2. The van der Waals surface area contributed by atoms with E-state index in [1.54, 1.807) is 0 Å². The highest BCUT2D eigenvalue weighted by Crippen LogP contribution is 2.14. The van der Waals surface area contributed by atoms with Gasteiger partial charge in [-0.2, -0.15) is 0 Å². The third-order valence-corrected chi connectivity index (χ3v) is 7.31. The molecule has 0 aliphatic rings. The summed E-state index contributed by atoms with van der Waals surface area (Å²) in [6.07, 6.45) is 32.6. The molecule has 0 radical (unpaired) electrons. The molecule has 0 fully saturated rings. The summed E-state index contributed by atoms with van der Waals surface area (Å²) < 4.78 is 10.5. The SMILES string of the molecule is CCCC/C=C\CCCCCCCC(=O)OC[C@H](CO)OC(=O)CCCCCCCCCCCCCCCC. The first-order chi connectivity index (χ1) is 19.1. The Hall–Kier alpha value is -1.36. The topological polar surface area (TPSA) is 72.8 Å². The molecule has 0 aromatic heterocycles. The lowest BCUT2D eigenvalue weighted by molar-refractivity contribution is -0.161. The summed E-state index contributed by atoms with van der Waals surface area (Å²) in [5.74, 6) is -0.598. The molecule has 0 aliphatic carbocycles. The predicted molar refractivity (Wildman–Crippen MR) is 164 cm³/mol. The highest BCUT2D eigenvalue weighted by Gasteiger charge is 2.16. The summed E-state index contributed by atoms with van der Waals surface area (Å²) in [7, 11) is 0. The number of hydrogen-bond donors (Lipinski definition) is 1. The number of carbonyl (C=O) groups is 2. The Morgan fingerprint density at radius 2 is 0.974 bits per heavy atom. The molecule has 5 heteroatoms. The molecular weight excluding hydrogens is 488 g/mol. The third-order valence-electron chi connectivity index (χ3n) is 7.31. The Morgan fingerprint density at radius 3 is 1.46 bits per heavy atom. The number of aliphatic hydroxyl groups is 1. The molecule has 0 heterocycles. The van der Waals surface area contributed by atoms with Crippen molar-refractivity contribution in [2.45, 2.75) is 180 Å². The summed E-state index contributed by atoms with van der Waals surface area (Å²) in [4.78, 5) is 24.1. The quantitative estimate of drug-likeness (QED) is 0.0545. The van der Waals surface area contributed by atoms with E-state index in [1.165, 1.54) is 103 Å². The van der Waals surface area contributed by atoms with Crippen LogP contribution >= 0.6 is 0 Å². The van der Waals surface area contributed by atoms with Crippen LogP contribution in [0.3, 0.4) is 0 Å². The number of hydrogen-bond acceptors (Lipinski definition) is 5. The van der Waals surface area contributed by atoms with Crippen LogP contribution < -0.4 is 0 Å². The van der Waals surface area contributed by atoms with Gasteiger partial charge < -0.3 is 14.6 Å². The minimum atomic E-state index is -0.765. The molecule has 0 amide bonds. The lowest BCUT2D eigenvalue weighted by Gasteiger charge is -2.15. The van der Waals surface area contributed by atoms with Crippen molar-refractivity contribution in [1.82, 2.24) is 0 Å². The van der Waals surface area contributed by atoms with Gasteiger partial charge in [0.2, 0.25) is 0 Å². The zero-order chi connectivity index (χ0) is 28.7. The molecule has 0 saturated heterocycles. The molecule has 0 aliphatic heterocycles. The second-order valence-electron chi connectivity index (χ2n) is 11.2. The molecule has 0 aromatic rings. The van der Waals surface area contributed by atoms with Gasteiger partial charge in [-0.15, -0.1) is 0 Å². The van der Waals surface area contributed by atoms with Gasteiger partial charge in [0.15, 0.2) is 6.10 Å². The Morgan fingerprint density at radius 1 is 0.564 bits per heavy atom. The van der Waals surface area contributed by atoms with E-state index in [9.17, 15) is 14.7 Å². The molecule has 230 valence electrons. The van der Waals surface area contributed by atoms with Crippen LogP contribution in [0.15, 0.2) is 12.2 Å². The maximum atomic E-state index is 12.1. The fraction of sp³-hybridized carbons (Fsp3) is 0.882. The minimum absolute atomic E-state index is 0.0653. The zero-order valence-electron chi connectivity index (χ0n) is 25.9. The smallest absolute Gasteiger partial charge is 0.306 e. The molecule has 5 nitrogen and oxygen atoms in total. The van der Waals surface area contributed by atoms with Gasteiger partial charge in [-0.25, -0.2) is 0 Å². The number of ether oxygens (including phenoxy) is 2. The molecular formula is C34H64O5. The van der Waals surface area contributed by atoms with Gasteiger partial charge in [0.1, 0.15) is 6.61 Å². The van der Waals surface area contributed by atoms with Crippen molar-refractivity contribution in [1.29, 1.82) is 0 Å². The Bertz CT molecular complexity index is 560. The highest BCUT2D eigenvalue weighted by molar-refractivity contribution is 5.70. The van der Waals surface area contributed by atoms with E-state index in [4.69, 9.17) is 9.47 Å². The number of unbranched alkanes of at least 4 members (excludes halogenated alkanes) is 20. The number of allylic oxidation sites excluding steroid dienone is 2. The van der Waals surface area contributed by atoms with Gasteiger partial charge in [0.25, 0.3) is 0 Å². The number of esters is 2. The van der Waals surface area contributed by atoms with Crippen LogP contribution in [0.2, 0.25) is 0 Å². The van der Waals surface area contributed by atoms with Crippen molar-refractivity contribution in [2.75, 3.05) is 13.2 Å². The summed E-state index contributed by atoms with van der Waals surface area (Å²) in [5.41, 5.74) is 0. The standard InChI is InChI=1S/C34H64O5/c1-3-5-7-9-11-13-15-16-17-19-21-23-25-27-29-34(37)39-32(30-35)31-38-33(36)28-26-24-22-20-18-14-12-10-8-6-4-2/h10,12,32,35H,3-9,11,13-31H2,1-2H3/b12-10-/t32-/m0/s1. The fourth-order valence-corrected chi connectivity index (χ4v) is 4.71. The lowest BCUT2D eigenvalue weighted by Crippen LogP contribution is -2.28. The highest BCUT2D eigenvalue weighted by atomic mass is 16.6. The van der Waals surface area contributed by atoms with Crippen molar-refractivity contribution in [3.63, 3.8) is 0 Å². The van der Waals surface area contributed by atoms with Gasteiger partial charge in [0, 0.05) is 12.8 Å². The summed E-state index contributed by atoms with van der Waals surface area (Å²) in [6.45, 7) is 4.08. The van der Waals surface area contributed by atoms with Crippen molar-refractivity contribution < 1.29 is 24.2 Å². The van der Waals surface area contributed by atoms with Crippen molar-refractivity contribution in [3.8, 4) is 0 Å². The molecule has 39 heavy (non-hydrogen) atoms. The molecule has 0 spiro atoms. The third kappa shape index (κ3) is 29.4. The summed E-state index contributed by atoms with van der Waals surface area (Å²) in [6, 6.07) is 0. The lowest BCUT2D eigenvalue weighted by atomic mass is 10.0. The Balaban J connectivity index is 3.56. The van der Waals surface area contributed by atoms with Crippen LogP contribution in [0.5, 0.6) is 0 Å². The average molecular weight is 553 g/mol. The number of rotatable bonds is 30. The minimum Gasteiger partial charge on any atom is -0.462 e. The number of aliphatic hydroxyl groups excluding tert-OH is 1. The molecule has 0 saturated carbocycles. The van der Waals surface area contributed by atoms with Gasteiger partial charge in [-0.1, -0.05) is 142 Å². The van der Waals surface area contributed by atoms with Gasteiger partial charge in [0.05, 0.1) is 6.61 Å².